The van der Waals surface area contributed by atoms with Crippen molar-refractivity contribution in [1.82, 2.24) is 9.62 Å². The van der Waals surface area contributed by atoms with Crippen molar-refractivity contribution in [2.24, 2.45) is 5.92 Å². The number of hydrogen-bond donors (Lipinski definition) is 1. The van der Waals surface area contributed by atoms with Crippen LogP contribution in [0.1, 0.15) is 19.8 Å². The lowest BCUT2D eigenvalue weighted by Crippen LogP contribution is -2.45. The minimum atomic E-state index is -3.43. The van der Waals surface area contributed by atoms with Gasteiger partial charge in [-0.15, -0.1) is 11.3 Å². The number of sulfonamides is 1. The highest BCUT2D eigenvalue weighted by Gasteiger charge is 2.33. The van der Waals surface area contributed by atoms with E-state index in [4.69, 9.17) is 0 Å². The quantitative estimate of drug-likeness (QED) is 0.911. The van der Waals surface area contributed by atoms with E-state index >= 15 is 0 Å². The number of nitrogens with zero attached hydrogens (tertiary/aromatic N) is 1. The van der Waals surface area contributed by atoms with Crippen molar-refractivity contribution in [1.29, 1.82) is 0 Å². The molecule has 2 rings (SSSR count). The zero-order valence-electron chi connectivity index (χ0n) is 10.8. The van der Waals surface area contributed by atoms with Crippen LogP contribution in [0.25, 0.3) is 0 Å². The SMILES string of the molecule is CCNC(=O)[C@H]1CCCN(S(=O)(=O)c2cccs2)C1. The summed E-state index contributed by atoms with van der Waals surface area (Å²) in [6.45, 7) is 3.22. The number of rotatable bonds is 4. The third-order valence-electron chi connectivity index (χ3n) is 3.20. The van der Waals surface area contributed by atoms with Gasteiger partial charge in [0.15, 0.2) is 0 Å². The molecule has 1 atom stereocenters. The molecule has 1 aliphatic rings. The highest BCUT2D eigenvalue weighted by Crippen LogP contribution is 2.26. The van der Waals surface area contributed by atoms with Crippen molar-refractivity contribution >= 4 is 27.3 Å². The topological polar surface area (TPSA) is 66.5 Å². The normalized spacial score (nSPS) is 21.2. The summed E-state index contributed by atoms with van der Waals surface area (Å²) in [5.74, 6) is -0.281. The summed E-state index contributed by atoms with van der Waals surface area (Å²) in [4.78, 5) is 11.8. The minimum absolute atomic E-state index is 0.0476. The molecular weight excluding hydrogens is 284 g/mol. The van der Waals surface area contributed by atoms with Crippen LogP contribution in [-0.4, -0.2) is 38.3 Å². The van der Waals surface area contributed by atoms with Gasteiger partial charge in [-0.3, -0.25) is 4.79 Å². The molecule has 0 aromatic carbocycles. The summed E-state index contributed by atoms with van der Waals surface area (Å²) >= 11 is 1.21. The molecule has 1 N–H and O–H groups in total. The molecule has 0 saturated carbocycles. The fourth-order valence-electron chi connectivity index (χ4n) is 2.23. The zero-order chi connectivity index (χ0) is 13.9. The van der Waals surface area contributed by atoms with Gasteiger partial charge in [-0.1, -0.05) is 6.07 Å². The van der Waals surface area contributed by atoms with Crippen LogP contribution in [0.4, 0.5) is 0 Å². The van der Waals surface area contributed by atoms with Gasteiger partial charge >= 0.3 is 0 Å². The highest BCUT2D eigenvalue weighted by molar-refractivity contribution is 7.91. The summed E-state index contributed by atoms with van der Waals surface area (Å²) in [6, 6.07) is 3.33. The molecule has 1 saturated heterocycles. The van der Waals surface area contributed by atoms with Crippen LogP contribution in [-0.2, 0) is 14.8 Å². The smallest absolute Gasteiger partial charge is 0.252 e. The minimum Gasteiger partial charge on any atom is -0.356 e. The third-order valence-corrected chi connectivity index (χ3v) is 6.43. The fraction of sp³-hybridized carbons (Fsp3) is 0.583. The zero-order valence-corrected chi connectivity index (χ0v) is 12.5. The molecule has 0 aliphatic carbocycles. The molecule has 5 nitrogen and oxygen atoms in total. The van der Waals surface area contributed by atoms with E-state index in [0.29, 0.717) is 17.3 Å². The first-order valence-electron chi connectivity index (χ1n) is 6.37. The molecule has 1 aromatic heterocycles. The largest absolute Gasteiger partial charge is 0.356 e. The number of carbonyl (C=O) groups is 1. The lowest BCUT2D eigenvalue weighted by Gasteiger charge is -2.30. The number of thiophene rings is 1. The maximum atomic E-state index is 12.4. The Bertz CT molecular complexity index is 525. The summed E-state index contributed by atoms with van der Waals surface area (Å²) in [7, 11) is -3.43. The Morgan fingerprint density at radius 2 is 2.37 bits per heavy atom. The molecule has 0 spiro atoms. The molecule has 0 bridgehead atoms. The predicted octanol–water partition coefficient (Wildman–Crippen LogP) is 1.28. The average molecular weight is 302 g/mol. The van der Waals surface area contributed by atoms with Gasteiger partial charge in [0.25, 0.3) is 10.0 Å². The molecule has 1 amide bonds. The van der Waals surface area contributed by atoms with Crippen molar-refractivity contribution < 1.29 is 13.2 Å². The Kier molecular flexibility index (Phi) is 4.59. The Labute approximate surface area is 117 Å². The van der Waals surface area contributed by atoms with Crippen LogP contribution >= 0.6 is 11.3 Å². The van der Waals surface area contributed by atoms with E-state index < -0.39 is 10.0 Å². The van der Waals surface area contributed by atoms with Crippen molar-refractivity contribution in [3.63, 3.8) is 0 Å². The van der Waals surface area contributed by atoms with Gasteiger partial charge in [0.1, 0.15) is 4.21 Å². The van der Waals surface area contributed by atoms with Crippen molar-refractivity contribution in [3.05, 3.63) is 17.5 Å². The van der Waals surface area contributed by atoms with Crippen molar-refractivity contribution in [2.75, 3.05) is 19.6 Å². The van der Waals surface area contributed by atoms with Gasteiger partial charge in [0.2, 0.25) is 5.91 Å². The molecule has 1 fully saturated rings. The Morgan fingerprint density at radius 3 is 3.00 bits per heavy atom. The van der Waals surface area contributed by atoms with Crippen LogP contribution < -0.4 is 5.32 Å². The first kappa shape index (κ1) is 14.5. The summed E-state index contributed by atoms with van der Waals surface area (Å²) in [5.41, 5.74) is 0. The number of hydrogen-bond acceptors (Lipinski definition) is 4. The molecular formula is C12H18N2O3S2. The van der Waals surface area contributed by atoms with Crippen molar-refractivity contribution in [3.8, 4) is 0 Å². The summed E-state index contributed by atoms with van der Waals surface area (Å²) in [6.07, 6.45) is 1.48. The molecule has 2 heterocycles. The molecule has 19 heavy (non-hydrogen) atoms. The third kappa shape index (κ3) is 3.16. The maximum Gasteiger partial charge on any atom is 0.252 e. The van der Waals surface area contributed by atoms with Crippen LogP contribution in [0.15, 0.2) is 21.7 Å². The molecule has 1 aliphatic heterocycles. The van der Waals surface area contributed by atoms with Gasteiger partial charge in [-0.25, -0.2) is 8.42 Å². The number of piperidine rings is 1. The van der Waals surface area contributed by atoms with Gasteiger partial charge in [-0.2, -0.15) is 4.31 Å². The van der Waals surface area contributed by atoms with Gasteiger partial charge < -0.3 is 5.32 Å². The Hall–Kier alpha value is -0.920. The van der Waals surface area contributed by atoms with Gasteiger partial charge in [0.05, 0.1) is 5.92 Å². The van der Waals surface area contributed by atoms with Crippen LogP contribution in [0.5, 0.6) is 0 Å². The summed E-state index contributed by atoms with van der Waals surface area (Å²) in [5, 5.41) is 4.51. The van der Waals surface area contributed by atoms with Crippen molar-refractivity contribution in [2.45, 2.75) is 24.0 Å². The second kappa shape index (κ2) is 6.02. The van der Waals surface area contributed by atoms with Gasteiger partial charge in [0, 0.05) is 19.6 Å². The Morgan fingerprint density at radius 1 is 1.58 bits per heavy atom. The van der Waals surface area contributed by atoms with Crippen LogP contribution in [0.2, 0.25) is 0 Å². The standard InChI is InChI=1S/C12H18N2O3S2/c1-2-13-12(15)10-5-3-7-14(9-10)19(16,17)11-6-4-8-18-11/h4,6,8,10H,2-3,5,7,9H2,1H3,(H,13,15)/t10-/m0/s1. The van der Waals surface area contributed by atoms with E-state index in [1.54, 1.807) is 17.5 Å². The second-order valence-corrected chi connectivity index (χ2v) is 7.64. The molecule has 7 heteroatoms. The molecule has 0 unspecified atom stereocenters. The first-order chi connectivity index (χ1) is 9.05. The maximum absolute atomic E-state index is 12.4. The van der Waals surface area contributed by atoms with E-state index in [1.165, 1.54) is 15.6 Å². The lowest BCUT2D eigenvalue weighted by molar-refractivity contribution is -0.125. The Balaban J connectivity index is 2.11. The van der Waals surface area contributed by atoms with Gasteiger partial charge in [-0.05, 0) is 31.2 Å². The summed E-state index contributed by atoms with van der Waals surface area (Å²) < 4.78 is 26.5. The number of carbonyl (C=O) groups excluding carboxylic acids is 1. The number of amides is 1. The number of nitrogens with one attached hydrogen (secondary N) is 1. The lowest BCUT2D eigenvalue weighted by atomic mass is 9.99. The van der Waals surface area contributed by atoms with E-state index in [0.717, 1.165) is 12.8 Å². The molecule has 0 radical (unpaired) electrons. The van der Waals surface area contributed by atoms with E-state index in [2.05, 4.69) is 5.32 Å². The average Bonchev–Trinajstić information content (AvgIpc) is 2.94. The predicted molar refractivity (Wildman–Crippen MR) is 74.5 cm³/mol. The van der Waals surface area contributed by atoms with E-state index in [1.807, 2.05) is 6.92 Å². The second-order valence-electron chi connectivity index (χ2n) is 4.53. The molecule has 1 aromatic rings. The highest BCUT2D eigenvalue weighted by atomic mass is 32.2. The first-order valence-corrected chi connectivity index (χ1v) is 8.69. The van der Waals surface area contributed by atoms with Crippen LogP contribution in [0, 0.1) is 5.92 Å². The molecule has 106 valence electrons. The van der Waals surface area contributed by atoms with E-state index in [9.17, 15) is 13.2 Å². The van der Waals surface area contributed by atoms with E-state index in [-0.39, 0.29) is 18.4 Å². The monoisotopic (exact) mass is 302 g/mol. The fourth-order valence-corrected chi connectivity index (χ4v) is 4.90. The van der Waals surface area contributed by atoms with Crippen LogP contribution in [0.3, 0.4) is 0 Å².